The third kappa shape index (κ3) is 2.33. The van der Waals surface area contributed by atoms with Crippen LogP contribution in [0.5, 0.6) is 0 Å². The van der Waals surface area contributed by atoms with Gasteiger partial charge in [-0.1, -0.05) is 55.4 Å². The molecule has 0 aromatic rings. The van der Waals surface area contributed by atoms with E-state index in [2.05, 4.69) is 42.5 Å². The van der Waals surface area contributed by atoms with Gasteiger partial charge < -0.3 is 0 Å². The monoisotopic (exact) mass is 426 g/mol. The van der Waals surface area contributed by atoms with Crippen LogP contribution in [0, 0.1) is 34.5 Å². The molecule has 0 aromatic heterocycles. The molecule has 4 aliphatic carbocycles. The van der Waals surface area contributed by atoms with E-state index < -0.39 is 0 Å². The van der Waals surface area contributed by atoms with Crippen LogP contribution in [0.15, 0.2) is 11.6 Å². The fourth-order valence-electron chi connectivity index (χ4n) is 7.37. The molecule has 0 radical (unpaired) electrons. The van der Waals surface area contributed by atoms with Crippen LogP contribution in [-0.4, -0.2) is 10.2 Å². The number of ketones is 1. The number of allylic oxidation sites excluding steroid dienone is 2. The Morgan fingerprint density at radius 3 is 2.74 bits per heavy atom. The van der Waals surface area contributed by atoms with E-state index in [1.165, 1.54) is 63.4 Å². The molecule has 4 aliphatic rings. The first-order chi connectivity index (χ1) is 11.0. The van der Waals surface area contributed by atoms with E-state index in [9.17, 15) is 4.79 Å². The lowest BCUT2D eigenvalue weighted by Gasteiger charge is -2.60. The normalized spacial score (nSPS) is 48.9. The highest BCUT2D eigenvalue weighted by Gasteiger charge is 2.58. The van der Waals surface area contributed by atoms with Crippen molar-refractivity contribution in [2.75, 3.05) is 4.43 Å². The lowest BCUT2D eigenvalue weighted by atomic mass is 9.45. The first kappa shape index (κ1) is 16.6. The average molecular weight is 426 g/mol. The van der Waals surface area contributed by atoms with Crippen LogP contribution in [0.25, 0.3) is 0 Å². The Balaban J connectivity index is 1.62. The molecule has 4 rings (SSSR count). The molecule has 0 bridgehead atoms. The third-order valence-electron chi connectivity index (χ3n) is 8.59. The number of carbonyl (C=O) groups excluding carboxylic acids is 1. The van der Waals surface area contributed by atoms with Crippen LogP contribution in [-0.2, 0) is 4.79 Å². The Bertz CT molecular complexity index is 538. The van der Waals surface area contributed by atoms with Gasteiger partial charge in [-0.15, -0.1) is 0 Å². The Hall–Kier alpha value is 0.140. The smallest absolute Gasteiger partial charge is 0.168 e. The zero-order valence-corrected chi connectivity index (χ0v) is 16.9. The summed E-state index contributed by atoms with van der Waals surface area (Å²) >= 11 is 2.25. The molecule has 0 saturated heterocycles. The fraction of sp³-hybridized carbons (Fsp3) is 0.857. The molecule has 1 unspecified atom stereocenters. The molecule has 0 spiro atoms. The summed E-state index contributed by atoms with van der Waals surface area (Å²) in [5.74, 6) is 3.96. The molecule has 2 heteroatoms. The van der Waals surface area contributed by atoms with Gasteiger partial charge in [-0.2, -0.15) is 0 Å². The highest BCUT2D eigenvalue weighted by atomic mass is 127. The van der Waals surface area contributed by atoms with E-state index in [0.29, 0.717) is 15.6 Å². The largest absolute Gasteiger partial charge is 0.294 e. The number of carbonyl (C=O) groups is 1. The minimum atomic E-state index is 0.196. The second kappa shape index (κ2) is 5.85. The van der Waals surface area contributed by atoms with E-state index in [0.717, 1.165) is 23.7 Å². The summed E-state index contributed by atoms with van der Waals surface area (Å²) in [7, 11) is 0. The summed E-state index contributed by atoms with van der Waals surface area (Å²) in [4.78, 5) is 12.4. The summed E-state index contributed by atoms with van der Waals surface area (Å²) in [5, 5.41) is 0. The Morgan fingerprint density at radius 1 is 1.13 bits per heavy atom. The second-order valence-electron chi connectivity index (χ2n) is 9.27. The van der Waals surface area contributed by atoms with Gasteiger partial charge >= 0.3 is 0 Å². The number of hydrogen-bond acceptors (Lipinski definition) is 1. The molecule has 0 aliphatic heterocycles. The molecule has 128 valence electrons. The van der Waals surface area contributed by atoms with Gasteiger partial charge in [0.1, 0.15) is 0 Å². The van der Waals surface area contributed by atoms with Crippen molar-refractivity contribution in [3.63, 3.8) is 0 Å². The molecule has 23 heavy (non-hydrogen) atoms. The van der Waals surface area contributed by atoms with Crippen LogP contribution < -0.4 is 0 Å². The molecule has 3 saturated carbocycles. The van der Waals surface area contributed by atoms with Gasteiger partial charge in [0.15, 0.2) is 5.78 Å². The number of alkyl halides is 1. The Kier molecular flexibility index (Phi) is 4.22. The molecule has 0 heterocycles. The molecule has 0 aromatic carbocycles. The zero-order valence-electron chi connectivity index (χ0n) is 14.7. The molecule has 1 nitrogen and oxygen atoms in total. The number of hydrogen-bond donors (Lipinski definition) is 0. The number of halogens is 1. The summed E-state index contributed by atoms with van der Waals surface area (Å²) in [5.41, 5.74) is 2.01. The summed E-state index contributed by atoms with van der Waals surface area (Å²) < 4.78 is 0.653. The van der Waals surface area contributed by atoms with Crippen molar-refractivity contribution in [2.24, 2.45) is 34.5 Å². The van der Waals surface area contributed by atoms with Crippen molar-refractivity contribution in [1.82, 2.24) is 0 Å². The standard InChI is InChI=1S/C21H31IO/c1-20-11-4-3-5-14(20)6-7-15-16-8-9-18(19(23)13-22)21(16,2)12-10-17(15)20/h9,14-17H,3-8,10-13H2,1-2H3/t14?,15-,16-,17-,20-,21-/m0/s1. The maximum Gasteiger partial charge on any atom is 0.168 e. The molecule has 3 fully saturated rings. The Morgan fingerprint density at radius 2 is 1.96 bits per heavy atom. The Labute approximate surface area is 155 Å². The molecule has 0 amide bonds. The van der Waals surface area contributed by atoms with Crippen molar-refractivity contribution in [3.05, 3.63) is 11.6 Å². The van der Waals surface area contributed by atoms with Crippen LogP contribution in [0.1, 0.15) is 71.6 Å². The molecular formula is C21H31IO. The van der Waals surface area contributed by atoms with Crippen molar-refractivity contribution in [1.29, 1.82) is 0 Å². The first-order valence-corrected chi connectivity index (χ1v) is 11.3. The van der Waals surface area contributed by atoms with Crippen molar-refractivity contribution < 1.29 is 4.79 Å². The SMILES string of the molecule is C[C@]12CCCCC1CC[C@@H]1[C@@H]2CC[C@]2(C)C(C(=O)CI)=CC[C@@H]12. The van der Waals surface area contributed by atoms with Gasteiger partial charge in [-0.25, -0.2) is 0 Å². The van der Waals surface area contributed by atoms with Gasteiger partial charge in [0.25, 0.3) is 0 Å². The maximum atomic E-state index is 12.4. The van der Waals surface area contributed by atoms with Crippen molar-refractivity contribution >= 4 is 28.4 Å². The highest BCUT2D eigenvalue weighted by Crippen LogP contribution is 2.66. The maximum absolute atomic E-state index is 12.4. The van der Waals surface area contributed by atoms with Gasteiger partial charge in [0, 0.05) is 0 Å². The lowest BCUT2D eigenvalue weighted by molar-refractivity contribution is -0.118. The zero-order chi connectivity index (χ0) is 16.2. The van der Waals surface area contributed by atoms with Crippen LogP contribution in [0.3, 0.4) is 0 Å². The molecule has 0 N–H and O–H groups in total. The summed E-state index contributed by atoms with van der Waals surface area (Å²) in [6.45, 7) is 5.06. The number of fused-ring (bicyclic) bond motifs is 5. The van der Waals surface area contributed by atoms with E-state index in [1.807, 2.05) is 0 Å². The van der Waals surface area contributed by atoms with E-state index in [1.54, 1.807) is 0 Å². The summed E-state index contributed by atoms with van der Waals surface area (Å²) in [6.07, 6.45) is 14.9. The van der Waals surface area contributed by atoms with Crippen LogP contribution >= 0.6 is 22.6 Å². The number of rotatable bonds is 2. The van der Waals surface area contributed by atoms with Crippen LogP contribution in [0.2, 0.25) is 0 Å². The lowest BCUT2D eigenvalue weighted by Crippen LogP contribution is -2.52. The van der Waals surface area contributed by atoms with E-state index >= 15 is 0 Å². The predicted molar refractivity (Wildman–Crippen MR) is 104 cm³/mol. The highest BCUT2D eigenvalue weighted by molar-refractivity contribution is 14.1. The van der Waals surface area contributed by atoms with Crippen LogP contribution in [0.4, 0.5) is 0 Å². The fourth-order valence-corrected chi connectivity index (χ4v) is 7.78. The minimum absolute atomic E-state index is 0.196. The van der Waals surface area contributed by atoms with Gasteiger partial charge in [0.2, 0.25) is 0 Å². The van der Waals surface area contributed by atoms with Gasteiger partial charge in [0.05, 0.1) is 4.43 Å². The van der Waals surface area contributed by atoms with Crippen molar-refractivity contribution in [3.8, 4) is 0 Å². The van der Waals surface area contributed by atoms with Gasteiger partial charge in [-0.05, 0) is 85.0 Å². The number of Topliss-reactive ketones (excluding diaryl/α,β-unsaturated/α-hetero) is 1. The molecule has 6 atom stereocenters. The van der Waals surface area contributed by atoms with E-state index in [-0.39, 0.29) is 5.41 Å². The quantitative estimate of drug-likeness (QED) is 0.393. The predicted octanol–water partition coefficient (Wildman–Crippen LogP) is 5.96. The first-order valence-electron chi connectivity index (χ1n) is 9.80. The van der Waals surface area contributed by atoms with E-state index in [4.69, 9.17) is 0 Å². The average Bonchev–Trinajstić information content (AvgIpc) is 2.91. The third-order valence-corrected chi connectivity index (χ3v) is 9.28. The topological polar surface area (TPSA) is 17.1 Å². The molecular weight excluding hydrogens is 395 g/mol. The van der Waals surface area contributed by atoms with Crippen molar-refractivity contribution in [2.45, 2.75) is 71.6 Å². The minimum Gasteiger partial charge on any atom is -0.294 e. The second-order valence-corrected chi connectivity index (χ2v) is 10.0. The summed E-state index contributed by atoms with van der Waals surface area (Å²) in [6, 6.07) is 0. The van der Waals surface area contributed by atoms with Gasteiger partial charge in [-0.3, -0.25) is 4.79 Å².